The summed E-state index contributed by atoms with van der Waals surface area (Å²) in [7, 11) is 0. The lowest BCUT2D eigenvalue weighted by atomic mass is 10.1. The van der Waals surface area contributed by atoms with Crippen molar-refractivity contribution in [3.63, 3.8) is 0 Å². The molecule has 0 radical (unpaired) electrons. The number of carbonyl (C=O) groups is 1. The number of aryl methyl sites for hydroxylation is 2. The third-order valence-corrected chi connectivity index (χ3v) is 6.54. The Kier molecular flexibility index (Phi) is 5.50. The van der Waals surface area contributed by atoms with Crippen molar-refractivity contribution in [2.24, 2.45) is 0 Å². The largest absolute Gasteiger partial charge is 0.339 e. The van der Waals surface area contributed by atoms with Gasteiger partial charge in [0.2, 0.25) is 11.9 Å². The molecular weight excluding hydrogens is 470 g/mol. The van der Waals surface area contributed by atoms with Crippen molar-refractivity contribution in [2.75, 3.05) is 31.1 Å². The normalized spacial score (nSPS) is 14.5. The van der Waals surface area contributed by atoms with Crippen LogP contribution in [0.2, 0.25) is 0 Å². The molecule has 9 heteroatoms. The van der Waals surface area contributed by atoms with E-state index in [-0.39, 0.29) is 5.91 Å². The lowest BCUT2D eigenvalue weighted by molar-refractivity contribution is -0.131. The van der Waals surface area contributed by atoms with Gasteiger partial charge in [0, 0.05) is 61.8 Å². The fourth-order valence-electron chi connectivity index (χ4n) is 4.35. The molecule has 4 heterocycles. The Bertz CT molecular complexity index is 1290. The maximum absolute atomic E-state index is 12.9. The lowest BCUT2D eigenvalue weighted by Gasteiger charge is -2.34. The van der Waals surface area contributed by atoms with E-state index in [1.807, 2.05) is 40.6 Å². The minimum Gasteiger partial charge on any atom is -0.339 e. The van der Waals surface area contributed by atoms with Gasteiger partial charge in [0.1, 0.15) is 0 Å². The first-order valence-corrected chi connectivity index (χ1v) is 11.5. The summed E-state index contributed by atoms with van der Waals surface area (Å²) in [6.07, 6.45) is 4.62. The molecule has 1 aliphatic heterocycles. The fourth-order valence-corrected chi connectivity index (χ4v) is 4.56. The summed E-state index contributed by atoms with van der Waals surface area (Å²) in [5, 5.41) is 5.76. The number of piperazine rings is 1. The van der Waals surface area contributed by atoms with Gasteiger partial charge in [-0.1, -0.05) is 12.1 Å². The maximum atomic E-state index is 12.9. The minimum atomic E-state index is 0.172. The van der Waals surface area contributed by atoms with Crippen molar-refractivity contribution in [1.82, 2.24) is 29.5 Å². The minimum absolute atomic E-state index is 0.172. The molecule has 0 unspecified atom stereocenters. The number of hydrogen-bond acceptors (Lipinski definition) is 6. The molecule has 0 atom stereocenters. The number of fused-ring (bicyclic) bond motifs is 3. The van der Waals surface area contributed by atoms with Crippen LogP contribution in [0.25, 0.3) is 16.6 Å². The van der Waals surface area contributed by atoms with Crippen LogP contribution >= 0.6 is 15.9 Å². The Hall–Kier alpha value is -3.07. The average Bonchev–Trinajstić information content (AvgIpc) is 3.18. The van der Waals surface area contributed by atoms with E-state index in [0.717, 1.165) is 51.1 Å². The van der Waals surface area contributed by atoms with Crippen LogP contribution < -0.4 is 4.90 Å². The number of hydrogen-bond donors (Lipinski definition) is 0. The summed E-state index contributed by atoms with van der Waals surface area (Å²) in [4.78, 5) is 30.5. The Morgan fingerprint density at radius 2 is 1.78 bits per heavy atom. The first kappa shape index (κ1) is 20.8. The van der Waals surface area contributed by atoms with Crippen molar-refractivity contribution in [2.45, 2.75) is 26.7 Å². The van der Waals surface area contributed by atoms with E-state index >= 15 is 0 Å². The lowest BCUT2D eigenvalue weighted by Crippen LogP contribution is -2.49. The summed E-state index contributed by atoms with van der Waals surface area (Å²) in [5.74, 6) is 0.878. The van der Waals surface area contributed by atoms with Crippen molar-refractivity contribution in [1.29, 1.82) is 0 Å². The van der Waals surface area contributed by atoms with Gasteiger partial charge in [-0.3, -0.25) is 4.79 Å². The third kappa shape index (κ3) is 3.81. The van der Waals surface area contributed by atoms with Gasteiger partial charge in [0.25, 0.3) is 0 Å². The molecule has 32 heavy (non-hydrogen) atoms. The number of nitrogens with zero attached hydrogens (tertiary/aromatic N) is 7. The molecule has 0 aliphatic carbocycles. The molecule has 1 aliphatic rings. The number of amides is 1. The highest BCUT2D eigenvalue weighted by Gasteiger charge is 2.23. The second-order valence-electron chi connectivity index (χ2n) is 8.08. The van der Waals surface area contributed by atoms with Crippen LogP contribution in [0, 0.1) is 13.8 Å². The summed E-state index contributed by atoms with van der Waals surface area (Å²) in [5.41, 5.74) is 4.92. The van der Waals surface area contributed by atoms with Gasteiger partial charge in [-0.2, -0.15) is 5.10 Å². The number of benzene rings is 1. The predicted molar refractivity (Wildman–Crippen MR) is 127 cm³/mol. The third-order valence-electron chi connectivity index (χ3n) is 6.13. The second kappa shape index (κ2) is 8.46. The zero-order valence-electron chi connectivity index (χ0n) is 18.1. The number of rotatable bonds is 4. The first-order valence-electron chi connectivity index (χ1n) is 10.7. The van der Waals surface area contributed by atoms with E-state index in [1.165, 1.54) is 0 Å². The standard InChI is InChI=1S/C23H24BrN7O/c1-15-18(16(2)31-22(27-15)19-5-3-4-6-20(19)28-31)7-8-21(32)29-9-11-30(12-10-29)23-25-13-17(24)14-26-23/h3-6,13-14H,7-12H2,1-2H3. The molecule has 1 saturated heterocycles. The van der Waals surface area contributed by atoms with Gasteiger partial charge in [-0.15, -0.1) is 0 Å². The van der Waals surface area contributed by atoms with E-state index in [2.05, 4.69) is 37.7 Å². The van der Waals surface area contributed by atoms with Crippen LogP contribution in [0.5, 0.6) is 0 Å². The van der Waals surface area contributed by atoms with Crippen LogP contribution in [0.4, 0.5) is 5.95 Å². The van der Waals surface area contributed by atoms with Crippen molar-refractivity contribution in [3.8, 4) is 0 Å². The SMILES string of the molecule is Cc1nc2c3ccccc3nn2c(C)c1CCC(=O)N1CCN(c2ncc(Br)cn2)CC1. The van der Waals surface area contributed by atoms with E-state index < -0.39 is 0 Å². The number of aromatic nitrogens is 5. The van der Waals surface area contributed by atoms with Crippen molar-refractivity contribution in [3.05, 3.63) is 58.1 Å². The van der Waals surface area contributed by atoms with Crippen LogP contribution in [-0.2, 0) is 11.2 Å². The smallest absolute Gasteiger partial charge is 0.225 e. The molecule has 0 spiro atoms. The predicted octanol–water partition coefficient (Wildman–Crippen LogP) is 3.33. The average molecular weight is 494 g/mol. The topological polar surface area (TPSA) is 79.5 Å². The molecule has 164 valence electrons. The monoisotopic (exact) mass is 493 g/mol. The fraction of sp³-hybridized carbons (Fsp3) is 0.348. The Balaban J connectivity index is 1.26. The Morgan fingerprint density at radius 3 is 2.53 bits per heavy atom. The highest BCUT2D eigenvalue weighted by molar-refractivity contribution is 9.10. The van der Waals surface area contributed by atoms with E-state index in [9.17, 15) is 4.79 Å². The zero-order valence-corrected chi connectivity index (χ0v) is 19.7. The number of carbonyl (C=O) groups excluding carboxylic acids is 1. The van der Waals surface area contributed by atoms with Gasteiger partial charge in [0.05, 0.1) is 9.99 Å². The molecule has 1 aromatic carbocycles. The highest BCUT2D eigenvalue weighted by atomic mass is 79.9. The van der Waals surface area contributed by atoms with Gasteiger partial charge in [-0.25, -0.2) is 19.5 Å². The van der Waals surface area contributed by atoms with E-state index in [4.69, 9.17) is 10.1 Å². The van der Waals surface area contributed by atoms with Gasteiger partial charge >= 0.3 is 0 Å². The van der Waals surface area contributed by atoms with Gasteiger partial charge in [-0.05, 0) is 53.9 Å². The van der Waals surface area contributed by atoms with Gasteiger partial charge < -0.3 is 9.80 Å². The molecule has 1 fully saturated rings. The maximum Gasteiger partial charge on any atom is 0.225 e. The summed E-state index contributed by atoms with van der Waals surface area (Å²) >= 11 is 3.36. The summed E-state index contributed by atoms with van der Waals surface area (Å²) < 4.78 is 2.77. The molecule has 0 N–H and O–H groups in total. The Morgan fingerprint density at radius 1 is 1.06 bits per heavy atom. The first-order chi connectivity index (χ1) is 15.5. The quantitative estimate of drug-likeness (QED) is 0.433. The van der Waals surface area contributed by atoms with Crippen LogP contribution in [-0.4, -0.2) is 61.6 Å². The molecule has 3 aromatic heterocycles. The van der Waals surface area contributed by atoms with Crippen molar-refractivity contribution >= 4 is 44.3 Å². The molecular formula is C23H24BrN7O. The molecule has 0 bridgehead atoms. The number of anilines is 1. The second-order valence-corrected chi connectivity index (χ2v) is 9.00. The van der Waals surface area contributed by atoms with E-state index in [1.54, 1.807) is 12.4 Å². The zero-order chi connectivity index (χ0) is 22.2. The van der Waals surface area contributed by atoms with Crippen LogP contribution in [0.3, 0.4) is 0 Å². The van der Waals surface area contributed by atoms with Crippen LogP contribution in [0.15, 0.2) is 41.1 Å². The molecule has 1 amide bonds. The molecule has 0 saturated carbocycles. The molecule has 4 aromatic rings. The number of halogens is 1. The summed E-state index contributed by atoms with van der Waals surface area (Å²) in [6.45, 7) is 6.91. The van der Waals surface area contributed by atoms with E-state index in [0.29, 0.717) is 31.9 Å². The Labute approximate surface area is 194 Å². The molecule has 5 rings (SSSR count). The van der Waals surface area contributed by atoms with Gasteiger partial charge in [0.15, 0.2) is 5.65 Å². The van der Waals surface area contributed by atoms with Crippen molar-refractivity contribution < 1.29 is 4.79 Å². The summed E-state index contributed by atoms with van der Waals surface area (Å²) in [6, 6.07) is 8.04. The highest BCUT2D eigenvalue weighted by Crippen LogP contribution is 2.23. The van der Waals surface area contributed by atoms with Crippen LogP contribution in [0.1, 0.15) is 23.4 Å². The molecule has 8 nitrogen and oxygen atoms in total.